The summed E-state index contributed by atoms with van der Waals surface area (Å²) < 4.78 is 40.5. The monoisotopic (exact) mass is 481 g/mol. The van der Waals surface area contributed by atoms with Crippen LogP contribution in [0.2, 0.25) is 5.02 Å². The van der Waals surface area contributed by atoms with Crippen LogP contribution in [-0.2, 0) is 14.8 Å². The summed E-state index contributed by atoms with van der Waals surface area (Å²) in [6.45, 7) is 1.77. The summed E-state index contributed by atoms with van der Waals surface area (Å²) in [6, 6.07) is 8.94. The zero-order chi connectivity index (χ0) is 23.1. The van der Waals surface area contributed by atoms with Gasteiger partial charge in [-0.1, -0.05) is 24.4 Å². The summed E-state index contributed by atoms with van der Waals surface area (Å²) in [5.41, 5.74) is 0.568. The van der Waals surface area contributed by atoms with Crippen LogP contribution in [0, 0.1) is 5.82 Å². The summed E-state index contributed by atoms with van der Waals surface area (Å²) in [5, 5.41) is 2.42. The van der Waals surface area contributed by atoms with Crippen LogP contribution in [0.4, 0.5) is 10.1 Å². The second-order valence-electron chi connectivity index (χ2n) is 7.56. The van der Waals surface area contributed by atoms with Crippen LogP contribution in [0.15, 0.2) is 47.4 Å². The number of carbonyl (C=O) groups is 2. The number of hydrogen-bond acceptors (Lipinski definition) is 4. The fourth-order valence-corrected chi connectivity index (χ4v) is 4.74. The minimum Gasteiger partial charge on any atom is -0.352 e. The highest BCUT2D eigenvalue weighted by molar-refractivity contribution is 7.92. The molecule has 10 heteroatoms. The first-order chi connectivity index (χ1) is 15.3. The summed E-state index contributed by atoms with van der Waals surface area (Å²) in [5.74, 6) is -1.03. The predicted octanol–water partition coefficient (Wildman–Crippen LogP) is 3.80. The van der Waals surface area contributed by atoms with Crippen molar-refractivity contribution in [2.45, 2.75) is 37.0 Å². The molecule has 0 aromatic heterocycles. The van der Waals surface area contributed by atoms with Gasteiger partial charge in [0.05, 0.1) is 9.92 Å². The normalized spacial score (nSPS) is 14.5. The van der Waals surface area contributed by atoms with E-state index in [0.717, 1.165) is 57.0 Å². The molecular weight excluding hydrogens is 457 g/mol. The summed E-state index contributed by atoms with van der Waals surface area (Å²) >= 11 is 5.66. The third-order valence-corrected chi connectivity index (χ3v) is 6.85. The lowest BCUT2D eigenvalue weighted by Crippen LogP contribution is -2.35. The molecule has 1 fully saturated rings. The number of carbonyl (C=O) groups excluding carboxylic acids is 2. The maximum atomic E-state index is 13.3. The van der Waals surface area contributed by atoms with Crippen LogP contribution >= 0.6 is 11.6 Å². The Kier molecular flexibility index (Phi) is 8.09. The number of amides is 2. The molecule has 0 atom stereocenters. The molecule has 2 aromatic rings. The van der Waals surface area contributed by atoms with E-state index in [9.17, 15) is 22.4 Å². The molecule has 0 unspecified atom stereocenters. The molecule has 172 valence electrons. The number of halogens is 2. The minimum absolute atomic E-state index is 0.0397. The molecule has 1 aliphatic heterocycles. The Morgan fingerprint density at radius 1 is 1.00 bits per heavy atom. The average Bonchev–Trinajstić information content (AvgIpc) is 3.05. The molecule has 1 aliphatic rings. The first kappa shape index (κ1) is 24.0. The van der Waals surface area contributed by atoms with E-state index < -0.39 is 15.8 Å². The number of rotatable bonds is 7. The number of benzene rings is 2. The molecule has 2 amide bonds. The molecule has 1 saturated heterocycles. The van der Waals surface area contributed by atoms with Crippen molar-refractivity contribution in [3.63, 3.8) is 0 Å². The first-order valence-electron chi connectivity index (χ1n) is 10.4. The third kappa shape index (κ3) is 6.43. The van der Waals surface area contributed by atoms with Crippen molar-refractivity contribution in [2.24, 2.45) is 0 Å². The molecule has 2 aromatic carbocycles. The fraction of sp³-hybridized carbons (Fsp3) is 0.364. The Hall–Kier alpha value is -2.65. The highest BCUT2D eigenvalue weighted by Crippen LogP contribution is 2.22. The Balaban J connectivity index is 1.52. The van der Waals surface area contributed by atoms with Crippen LogP contribution in [0.25, 0.3) is 0 Å². The van der Waals surface area contributed by atoms with Crippen LogP contribution in [-0.4, -0.2) is 44.8 Å². The maximum Gasteiger partial charge on any atom is 0.261 e. The van der Waals surface area contributed by atoms with Gasteiger partial charge >= 0.3 is 0 Å². The number of nitrogens with one attached hydrogen (secondary N) is 2. The molecule has 2 N–H and O–H groups in total. The lowest BCUT2D eigenvalue weighted by atomic mass is 10.2. The molecule has 1 heterocycles. The number of hydrogen-bond donors (Lipinski definition) is 2. The number of likely N-dealkylation sites (tertiary alicyclic amines) is 1. The van der Waals surface area contributed by atoms with Gasteiger partial charge in [-0.15, -0.1) is 0 Å². The van der Waals surface area contributed by atoms with Crippen molar-refractivity contribution < 1.29 is 22.4 Å². The molecule has 0 radical (unpaired) electrons. The van der Waals surface area contributed by atoms with Crippen LogP contribution in [0.5, 0.6) is 0 Å². The SMILES string of the molecule is O=C(NCCC(=O)N1CCCCCC1)c1ccc(NS(=O)(=O)c2ccc(F)c(Cl)c2)cc1. The summed E-state index contributed by atoms with van der Waals surface area (Å²) in [6.07, 6.45) is 4.56. The Bertz CT molecular complexity index is 1070. The maximum absolute atomic E-state index is 13.3. The van der Waals surface area contributed by atoms with Gasteiger partial charge in [0, 0.05) is 37.3 Å². The Labute approximate surface area is 192 Å². The van der Waals surface area contributed by atoms with E-state index in [4.69, 9.17) is 11.6 Å². The second kappa shape index (κ2) is 10.8. The predicted molar refractivity (Wildman–Crippen MR) is 121 cm³/mol. The van der Waals surface area contributed by atoms with Crippen molar-refractivity contribution in [2.75, 3.05) is 24.4 Å². The largest absolute Gasteiger partial charge is 0.352 e. The van der Waals surface area contributed by atoms with E-state index in [2.05, 4.69) is 10.0 Å². The molecule has 3 rings (SSSR count). The van der Waals surface area contributed by atoms with E-state index >= 15 is 0 Å². The Morgan fingerprint density at radius 3 is 2.28 bits per heavy atom. The lowest BCUT2D eigenvalue weighted by molar-refractivity contribution is -0.131. The van der Waals surface area contributed by atoms with Crippen LogP contribution in [0.3, 0.4) is 0 Å². The highest BCUT2D eigenvalue weighted by atomic mass is 35.5. The van der Waals surface area contributed by atoms with Crippen molar-refractivity contribution in [3.8, 4) is 0 Å². The molecule has 32 heavy (non-hydrogen) atoms. The topological polar surface area (TPSA) is 95.6 Å². The molecule has 0 aliphatic carbocycles. The third-order valence-electron chi connectivity index (χ3n) is 5.18. The van der Waals surface area contributed by atoms with Crippen molar-refractivity contribution >= 4 is 39.1 Å². The molecule has 0 spiro atoms. The first-order valence-corrected chi connectivity index (χ1v) is 12.3. The lowest BCUT2D eigenvalue weighted by Gasteiger charge is -2.20. The van der Waals surface area contributed by atoms with Crippen molar-refractivity contribution in [1.29, 1.82) is 0 Å². The Morgan fingerprint density at radius 2 is 1.66 bits per heavy atom. The van der Waals surface area contributed by atoms with E-state index in [1.165, 1.54) is 24.3 Å². The van der Waals surface area contributed by atoms with Gasteiger partial charge in [-0.3, -0.25) is 14.3 Å². The molecule has 7 nitrogen and oxygen atoms in total. The summed E-state index contributed by atoms with van der Waals surface area (Å²) in [4.78, 5) is 26.3. The van der Waals surface area contributed by atoms with Crippen LogP contribution < -0.4 is 10.0 Å². The summed E-state index contributed by atoms with van der Waals surface area (Å²) in [7, 11) is -3.97. The highest BCUT2D eigenvalue weighted by Gasteiger charge is 2.17. The molecule has 0 bridgehead atoms. The zero-order valence-electron chi connectivity index (χ0n) is 17.4. The standard InChI is InChI=1S/C22H25ClFN3O4S/c23-19-15-18(9-10-20(19)24)32(30,31)26-17-7-5-16(6-8-17)22(29)25-12-11-21(28)27-13-3-1-2-4-14-27/h5-10,15,26H,1-4,11-14H2,(H,25,29). The fourth-order valence-electron chi connectivity index (χ4n) is 3.41. The average molecular weight is 482 g/mol. The van der Waals surface area contributed by atoms with Gasteiger partial charge in [-0.25, -0.2) is 12.8 Å². The zero-order valence-corrected chi connectivity index (χ0v) is 19.0. The number of anilines is 1. The van der Waals surface area contributed by atoms with Crippen LogP contribution in [0.1, 0.15) is 42.5 Å². The quantitative estimate of drug-likeness (QED) is 0.628. The van der Waals surface area contributed by atoms with Gasteiger partial charge < -0.3 is 10.2 Å². The number of sulfonamides is 1. The number of nitrogens with zero attached hydrogens (tertiary/aromatic N) is 1. The minimum atomic E-state index is -3.97. The van der Waals surface area contributed by atoms with E-state index in [0.29, 0.717) is 5.56 Å². The van der Waals surface area contributed by atoms with Gasteiger partial charge in [-0.05, 0) is 55.3 Å². The smallest absolute Gasteiger partial charge is 0.261 e. The van der Waals surface area contributed by atoms with Crippen molar-refractivity contribution in [3.05, 3.63) is 58.9 Å². The van der Waals surface area contributed by atoms with Gasteiger partial charge in [-0.2, -0.15) is 0 Å². The molecular formula is C22H25ClFN3O4S. The van der Waals surface area contributed by atoms with Gasteiger partial charge in [0.15, 0.2) is 0 Å². The van der Waals surface area contributed by atoms with E-state index in [-0.39, 0.29) is 40.4 Å². The van der Waals surface area contributed by atoms with Gasteiger partial charge in [0.25, 0.3) is 15.9 Å². The van der Waals surface area contributed by atoms with E-state index in [1.807, 2.05) is 4.90 Å². The second-order valence-corrected chi connectivity index (χ2v) is 9.65. The molecule has 0 saturated carbocycles. The van der Waals surface area contributed by atoms with Gasteiger partial charge in [0.2, 0.25) is 5.91 Å². The van der Waals surface area contributed by atoms with Gasteiger partial charge in [0.1, 0.15) is 5.82 Å². The van der Waals surface area contributed by atoms with E-state index in [1.54, 1.807) is 0 Å². The van der Waals surface area contributed by atoms with Crippen molar-refractivity contribution in [1.82, 2.24) is 10.2 Å².